The Morgan fingerprint density at radius 2 is 1.97 bits per heavy atom. The maximum atomic E-state index is 12.6. The Bertz CT molecular complexity index is 1470. The first kappa shape index (κ1) is 26.0. The molecule has 0 saturated heterocycles. The van der Waals surface area contributed by atoms with Crippen molar-refractivity contribution in [3.05, 3.63) is 81.0 Å². The third-order valence-electron chi connectivity index (χ3n) is 5.32. The normalized spacial score (nSPS) is 11.6. The van der Waals surface area contributed by atoms with Gasteiger partial charge in [0.1, 0.15) is 0 Å². The fourth-order valence-corrected chi connectivity index (χ4v) is 4.94. The molecule has 2 heterocycles. The van der Waals surface area contributed by atoms with Gasteiger partial charge in [0.05, 0.1) is 22.4 Å². The lowest BCUT2D eigenvalue weighted by molar-refractivity contribution is -0.384. The van der Waals surface area contributed by atoms with E-state index in [2.05, 4.69) is 25.8 Å². The number of hydrogen-bond donors (Lipinski definition) is 2. The molecule has 0 unspecified atom stereocenters. The molecule has 0 aliphatic heterocycles. The van der Waals surface area contributed by atoms with Crippen molar-refractivity contribution >= 4 is 45.7 Å². The molecule has 13 heteroatoms. The lowest BCUT2D eigenvalue weighted by Gasteiger charge is -2.14. The predicted molar refractivity (Wildman–Crippen MR) is 142 cm³/mol. The van der Waals surface area contributed by atoms with Gasteiger partial charge in [-0.25, -0.2) is 4.98 Å². The molecule has 0 radical (unpaired) electrons. The van der Waals surface area contributed by atoms with E-state index >= 15 is 0 Å². The minimum Gasteiger partial charge on any atom is -0.342 e. The molecule has 0 saturated carbocycles. The highest BCUT2D eigenvalue weighted by Gasteiger charge is 2.19. The van der Waals surface area contributed by atoms with E-state index in [1.54, 1.807) is 35.2 Å². The van der Waals surface area contributed by atoms with Crippen molar-refractivity contribution < 1.29 is 14.5 Å². The highest BCUT2D eigenvalue weighted by molar-refractivity contribution is 7.99. The second-order valence-corrected chi connectivity index (χ2v) is 9.95. The minimum absolute atomic E-state index is 0.0282. The van der Waals surface area contributed by atoms with Crippen LogP contribution in [-0.4, -0.2) is 42.2 Å². The van der Waals surface area contributed by atoms with Crippen LogP contribution in [-0.2, 0) is 11.8 Å². The number of thioether (sulfide) groups is 1. The van der Waals surface area contributed by atoms with Crippen molar-refractivity contribution in [1.82, 2.24) is 25.1 Å². The molecule has 2 N–H and O–H groups in total. The summed E-state index contributed by atoms with van der Waals surface area (Å²) in [5, 5.41) is 27.6. The van der Waals surface area contributed by atoms with E-state index in [1.165, 1.54) is 35.2 Å². The molecule has 0 spiro atoms. The summed E-state index contributed by atoms with van der Waals surface area (Å²) in [6, 6.07) is 13.1. The summed E-state index contributed by atoms with van der Waals surface area (Å²) in [7, 11) is 1.77. The Kier molecular flexibility index (Phi) is 7.94. The molecule has 1 atom stereocenters. The van der Waals surface area contributed by atoms with Crippen molar-refractivity contribution in [3.63, 3.8) is 0 Å². The number of aryl methyl sites for hydroxylation is 1. The Morgan fingerprint density at radius 1 is 1.19 bits per heavy atom. The molecule has 4 rings (SSSR count). The molecule has 0 aliphatic rings. The van der Waals surface area contributed by atoms with Crippen LogP contribution in [0, 0.1) is 17.0 Å². The molecular formula is C24H23N7O4S2. The summed E-state index contributed by atoms with van der Waals surface area (Å²) in [6.07, 6.45) is 0. The number of non-ortho nitro benzene ring substituents is 1. The molecule has 2 aromatic carbocycles. The number of carbonyl (C=O) groups excluding carboxylic acids is 2. The van der Waals surface area contributed by atoms with E-state index in [0.717, 1.165) is 5.56 Å². The lowest BCUT2D eigenvalue weighted by Crippen LogP contribution is -2.28. The third kappa shape index (κ3) is 6.37. The second-order valence-electron chi connectivity index (χ2n) is 8.15. The first-order valence-corrected chi connectivity index (χ1v) is 13.0. The number of nitro groups is 1. The zero-order valence-electron chi connectivity index (χ0n) is 20.2. The minimum atomic E-state index is -0.466. The number of nitro benzene ring substituents is 1. The van der Waals surface area contributed by atoms with Gasteiger partial charge in [0.25, 0.3) is 11.6 Å². The summed E-state index contributed by atoms with van der Waals surface area (Å²) in [6.45, 7) is 3.74. The van der Waals surface area contributed by atoms with Gasteiger partial charge in [0.2, 0.25) is 5.91 Å². The highest BCUT2D eigenvalue weighted by Crippen LogP contribution is 2.28. The van der Waals surface area contributed by atoms with Crippen molar-refractivity contribution in [2.75, 3.05) is 11.1 Å². The van der Waals surface area contributed by atoms with Gasteiger partial charge in [-0.05, 0) is 26.0 Å². The smallest absolute Gasteiger partial charge is 0.270 e. The molecule has 37 heavy (non-hydrogen) atoms. The summed E-state index contributed by atoms with van der Waals surface area (Å²) >= 11 is 2.43. The first-order valence-electron chi connectivity index (χ1n) is 11.1. The zero-order valence-corrected chi connectivity index (χ0v) is 21.8. The van der Waals surface area contributed by atoms with E-state index in [-0.39, 0.29) is 23.3 Å². The third-order valence-corrected chi connectivity index (χ3v) is 7.10. The van der Waals surface area contributed by atoms with Crippen LogP contribution in [0.5, 0.6) is 0 Å². The molecule has 2 aromatic heterocycles. The van der Waals surface area contributed by atoms with Gasteiger partial charge < -0.3 is 15.2 Å². The number of thiazole rings is 1. The van der Waals surface area contributed by atoms with Gasteiger partial charge in [-0.2, -0.15) is 0 Å². The SMILES string of the molecule is Cc1cccc(C(=O)N[C@@H](C)c2nnc(SCC(=O)Nc3nc(-c4cccc([N+](=O)[O-])c4)cs3)n2C)c1. The standard InChI is InChI=1S/C24H23N7O4S2/c1-14-6-4-8-17(10-14)22(33)25-15(2)21-28-29-24(30(21)3)37-13-20(32)27-23-26-19(12-36-23)16-7-5-9-18(11-16)31(34)35/h4-12,15H,13H2,1-3H3,(H,25,33)(H,26,27,32)/t15-/m0/s1. The molecule has 0 aliphatic carbocycles. The van der Waals surface area contributed by atoms with E-state index < -0.39 is 11.0 Å². The van der Waals surface area contributed by atoms with Crippen molar-refractivity contribution in [1.29, 1.82) is 0 Å². The first-order chi connectivity index (χ1) is 17.7. The summed E-state index contributed by atoms with van der Waals surface area (Å²) in [5.74, 6) is 0.142. The summed E-state index contributed by atoms with van der Waals surface area (Å²) < 4.78 is 1.74. The Balaban J connectivity index is 1.33. The predicted octanol–water partition coefficient (Wildman–Crippen LogP) is 4.38. The Labute approximate surface area is 220 Å². The summed E-state index contributed by atoms with van der Waals surface area (Å²) in [4.78, 5) is 39.9. The van der Waals surface area contributed by atoms with Crippen LogP contribution in [0.3, 0.4) is 0 Å². The van der Waals surface area contributed by atoms with Crippen LogP contribution in [0.15, 0.2) is 59.1 Å². The largest absolute Gasteiger partial charge is 0.342 e. The van der Waals surface area contributed by atoms with Gasteiger partial charge in [-0.15, -0.1) is 21.5 Å². The fourth-order valence-electron chi connectivity index (χ4n) is 3.49. The van der Waals surface area contributed by atoms with Crippen LogP contribution in [0.2, 0.25) is 0 Å². The Hall–Kier alpha value is -4.10. The molecule has 190 valence electrons. The van der Waals surface area contributed by atoms with Gasteiger partial charge in [-0.3, -0.25) is 19.7 Å². The van der Waals surface area contributed by atoms with Crippen molar-refractivity contribution in [2.24, 2.45) is 7.05 Å². The van der Waals surface area contributed by atoms with E-state index in [0.29, 0.717) is 32.9 Å². The number of nitrogens with zero attached hydrogens (tertiary/aromatic N) is 5. The Morgan fingerprint density at radius 3 is 2.73 bits per heavy atom. The topological polar surface area (TPSA) is 145 Å². The van der Waals surface area contributed by atoms with Gasteiger partial charge >= 0.3 is 0 Å². The lowest BCUT2D eigenvalue weighted by atomic mass is 10.1. The number of benzene rings is 2. The van der Waals surface area contributed by atoms with Crippen LogP contribution in [0.25, 0.3) is 11.3 Å². The zero-order chi connectivity index (χ0) is 26.5. The molecule has 0 bridgehead atoms. The van der Waals surface area contributed by atoms with E-state index in [4.69, 9.17) is 0 Å². The monoisotopic (exact) mass is 537 g/mol. The number of aromatic nitrogens is 4. The quantitative estimate of drug-likeness (QED) is 0.182. The van der Waals surface area contributed by atoms with Gasteiger partial charge in [0.15, 0.2) is 16.1 Å². The van der Waals surface area contributed by atoms with Gasteiger partial charge in [0, 0.05) is 35.7 Å². The number of rotatable bonds is 9. The highest BCUT2D eigenvalue weighted by atomic mass is 32.2. The van der Waals surface area contributed by atoms with Crippen molar-refractivity contribution in [2.45, 2.75) is 25.0 Å². The van der Waals surface area contributed by atoms with E-state index in [1.807, 2.05) is 32.0 Å². The van der Waals surface area contributed by atoms with Crippen LogP contribution >= 0.6 is 23.1 Å². The maximum Gasteiger partial charge on any atom is 0.270 e. The molecule has 4 aromatic rings. The molecule has 0 fully saturated rings. The number of anilines is 1. The van der Waals surface area contributed by atoms with Crippen LogP contribution in [0.4, 0.5) is 10.8 Å². The average Bonchev–Trinajstić information content (AvgIpc) is 3.49. The van der Waals surface area contributed by atoms with Gasteiger partial charge in [-0.1, -0.05) is 41.6 Å². The van der Waals surface area contributed by atoms with E-state index in [9.17, 15) is 19.7 Å². The maximum absolute atomic E-state index is 12.6. The number of nitrogens with one attached hydrogen (secondary N) is 2. The molecular weight excluding hydrogens is 514 g/mol. The number of carbonyl (C=O) groups is 2. The van der Waals surface area contributed by atoms with Crippen molar-refractivity contribution in [3.8, 4) is 11.3 Å². The molecule has 11 nitrogen and oxygen atoms in total. The summed E-state index contributed by atoms with van der Waals surface area (Å²) in [5.41, 5.74) is 2.66. The number of amides is 2. The average molecular weight is 538 g/mol. The fraction of sp³-hybridized carbons (Fsp3) is 0.208. The second kappa shape index (κ2) is 11.3. The molecule has 2 amide bonds. The van der Waals surface area contributed by atoms with Crippen LogP contribution in [0.1, 0.15) is 34.7 Å². The number of hydrogen-bond acceptors (Lipinski definition) is 9. The van der Waals surface area contributed by atoms with Crippen LogP contribution < -0.4 is 10.6 Å².